The molecule has 1 saturated heterocycles. The zero-order chi connectivity index (χ0) is 15.2. The Morgan fingerprint density at radius 2 is 1.67 bits per heavy atom. The Morgan fingerprint density at radius 3 is 2.10 bits per heavy atom. The van der Waals surface area contributed by atoms with Crippen molar-refractivity contribution < 1.29 is 19.5 Å². The lowest BCUT2D eigenvalue weighted by molar-refractivity contribution is -0.166. The highest BCUT2D eigenvalue weighted by Gasteiger charge is 2.60. The standard InChI is InChI=1S/C16H23NO4/c1-2-10-8-11-12(9-10)14(19)17(13(11)18)16(15(20)21)6-4-3-5-7-16/h10-12H,2-9H2,1H3,(H,20,21). The summed E-state index contributed by atoms with van der Waals surface area (Å²) in [5, 5.41) is 9.70. The molecule has 2 amide bonds. The van der Waals surface area contributed by atoms with Crippen LogP contribution in [-0.2, 0) is 14.4 Å². The van der Waals surface area contributed by atoms with Gasteiger partial charge < -0.3 is 5.11 Å². The van der Waals surface area contributed by atoms with Crippen LogP contribution in [0.1, 0.15) is 58.3 Å². The minimum absolute atomic E-state index is 0.217. The van der Waals surface area contributed by atoms with Crippen LogP contribution < -0.4 is 0 Å². The Hall–Kier alpha value is -1.39. The van der Waals surface area contributed by atoms with Crippen molar-refractivity contribution in [2.45, 2.75) is 63.8 Å². The highest BCUT2D eigenvalue weighted by molar-refractivity contribution is 6.09. The van der Waals surface area contributed by atoms with Gasteiger partial charge in [0.2, 0.25) is 11.8 Å². The Morgan fingerprint density at radius 1 is 1.14 bits per heavy atom. The molecule has 0 radical (unpaired) electrons. The lowest BCUT2D eigenvalue weighted by Crippen LogP contribution is -2.58. The third-order valence-corrected chi connectivity index (χ3v) is 5.82. The fourth-order valence-corrected chi connectivity index (χ4v) is 4.55. The van der Waals surface area contributed by atoms with Gasteiger partial charge in [-0.05, 0) is 31.6 Å². The quantitative estimate of drug-likeness (QED) is 0.809. The molecular formula is C16H23NO4. The fraction of sp³-hybridized carbons (Fsp3) is 0.812. The molecular weight excluding hydrogens is 270 g/mol. The van der Waals surface area contributed by atoms with Gasteiger partial charge >= 0.3 is 5.97 Å². The van der Waals surface area contributed by atoms with Crippen LogP contribution in [0.5, 0.6) is 0 Å². The highest BCUT2D eigenvalue weighted by Crippen LogP contribution is 2.48. The summed E-state index contributed by atoms with van der Waals surface area (Å²) in [4.78, 5) is 38.4. The molecule has 1 aliphatic heterocycles. The van der Waals surface area contributed by atoms with Crippen molar-refractivity contribution >= 4 is 17.8 Å². The van der Waals surface area contributed by atoms with E-state index in [0.29, 0.717) is 18.8 Å². The Bertz CT molecular complexity index is 457. The van der Waals surface area contributed by atoms with Gasteiger partial charge in [0.15, 0.2) is 0 Å². The van der Waals surface area contributed by atoms with Gasteiger partial charge in [-0.1, -0.05) is 32.6 Å². The number of hydrogen-bond acceptors (Lipinski definition) is 3. The number of carbonyl (C=O) groups excluding carboxylic acids is 2. The molecule has 0 spiro atoms. The zero-order valence-electron chi connectivity index (χ0n) is 12.5. The van der Waals surface area contributed by atoms with E-state index in [0.717, 1.165) is 43.4 Å². The van der Waals surface area contributed by atoms with Gasteiger partial charge in [-0.2, -0.15) is 0 Å². The van der Waals surface area contributed by atoms with Crippen LogP contribution >= 0.6 is 0 Å². The average Bonchev–Trinajstić information content (AvgIpc) is 3.00. The Kier molecular flexibility index (Phi) is 3.54. The molecule has 116 valence electrons. The molecule has 0 aromatic rings. The van der Waals surface area contributed by atoms with Crippen LogP contribution in [0, 0.1) is 17.8 Å². The smallest absolute Gasteiger partial charge is 0.330 e. The molecule has 1 N–H and O–H groups in total. The van der Waals surface area contributed by atoms with E-state index in [2.05, 4.69) is 6.92 Å². The third kappa shape index (κ3) is 2.00. The predicted molar refractivity (Wildman–Crippen MR) is 75.3 cm³/mol. The maximum atomic E-state index is 12.7. The van der Waals surface area contributed by atoms with Crippen LogP contribution in [0.2, 0.25) is 0 Å². The van der Waals surface area contributed by atoms with Crippen molar-refractivity contribution in [1.29, 1.82) is 0 Å². The lowest BCUT2D eigenvalue weighted by Gasteiger charge is -2.40. The number of fused-ring (bicyclic) bond motifs is 1. The molecule has 2 unspecified atom stereocenters. The second-order valence-electron chi connectivity index (χ2n) is 6.87. The predicted octanol–water partition coefficient (Wildman–Crippen LogP) is 2.20. The van der Waals surface area contributed by atoms with Crippen LogP contribution in [0.4, 0.5) is 0 Å². The number of nitrogens with zero attached hydrogens (tertiary/aromatic N) is 1. The molecule has 0 aromatic carbocycles. The minimum Gasteiger partial charge on any atom is -0.479 e. The van der Waals surface area contributed by atoms with Crippen LogP contribution in [0.3, 0.4) is 0 Å². The molecule has 1 heterocycles. The van der Waals surface area contributed by atoms with Gasteiger partial charge in [-0.3, -0.25) is 14.5 Å². The van der Waals surface area contributed by atoms with E-state index in [9.17, 15) is 19.5 Å². The largest absolute Gasteiger partial charge is 0.479 e. The minimum atomic E-state index is -1.27. The van der Waals surface area contributed by atoms with Crippen molar-refractivity contribution in [3.05, 3.63) is 0 Å². The van der Waals surface area contributed by atoms with Gasteiger partial charge in [0.1, 0.15) is 5.54 Å². The summed E-state index contributed by atoms with van der Waals surface area (Å²) in [5.41, 5.74) is -1.27. The third-order valence-electron chi connectivity index (χ3n) is 5.82. The fourth-order valence-electron chi connectivity index (χ4n) is 4.55. The molecule has 2 saturated carbocycles. The van der Waals surface area contributed by atoms with Gasteiger partial charge in [0.05, 0.1) is 11.8 Å². The van der Waals surface area contributed by atoms with Gasteiger partial charge in [-0.15, -0.1) is 0 Å². The Labute approximate surface area is 124 Å². The first-order valence-corrected chi connectivity index (χ1v) is 8.12. The van der Waals surface area contributed by atoms with Crippen molar-refractivity contribution in [3.8, 4) is 0 Å². The first kappa shape index (κ1) is 14.5. The summed E-state index contributed by atoms with van der Waals surface area (Å²) in [6, 6.07) is 0. The van der Waals surface area contributed by atoms with E-state index in [1.165, 1.54) is 0 Å². The number of amides is 2. The first-order valence-electron chi connectivity index (χ1n) is 8.12. The number of likely N-dealkylation sites (tertiary alicyclic amines) is 1. The van der Waals surface area contributed by atoms with E-state index < -0.39 is 11.5 Å². The van der Waals surface area contributed by atoms with Gasteiger partial charge in [0, 0.05) is 0 Å². The molecule has 3 aliphatic rings. The number of carboxylic acids is 1. The normalized spacial score (nSPS) is 35.1. The summed E-state index contributed by atoms with van der Waals surface area (Å²) >= 11 is 0. The average molecular weight is 293 g/mol. The van der Waals surface area contributed by atoms with Crippen LogP contribution in [0.15, 0.2) is 0 Å². The zero-order valence-corrected chi connectivity index (χ0v) is 12.5. The summed E-state index contributed by atoms with van der Waals surface area (Å²) in [7, 11) is 0. The molecule has 3 fully saturated rings. The summed E-state index contributed by atoms with van der Waals surface area (Å²) < 4.78 is 0. The number of hydrogen-bond donors (Lipinski definition) is 1. The number of carbonyl (C=O) groups is 3. The second kappa shape index (κ2) is 5.11. The second-order valence-corrected chi connectivity index (χ2v) is 6.87. The molecule has 0 bridgehead atoms. The van der Waals surface area contributed by atoms with Crippen molar-refractivity contribution in [3.63, 3.8) is 0 Å². The van der Waals surface area contributed by atoms with Crippen LogP contribution in [-0.4, -0.2) is 33.3 Å². The van der Waals surface area contributed by atoms with Gasteiger partial charge in [0.25, 0.3) is 0 Å². The SMILES string of the molecule is CCC1CC2C(=O)N(C3(C(=O)O)CCCCC3)C(=O)C2C1. The summed E-state index contributed by atoms with van der Waals surface area (Å²) in [6.45, 7) is 2.08. The number of aliphatic carboxylic acids is 1. The van der Waals surface area contributed by atoms with E-state index in [4.69, 9.17) is 0 Å². The maximum Gasteiger partial charge on any atom is 0.330 e. The summed E-state index contributed by atoms with van der Waals surface area (Å²) in [6.07, 6.45) is 5.84. The Balaban J connectivity index is 1.91. The molecule has 0 aromatic heterocycles. The maximum absolute atomic E-state index is 12.7. The molecule has 3 rings (SSSR count). The summed E-state index contributed by atoms with van der Waals surface area (Å²) in [5.74, 6) is -1.53. The van der Waals surface area contributed by atoms with Crippen molar-refractivity contribution in [2.24, 2.45) is 17.8 Å². The first-order chi connectivity index (χ1) is 10.0. The van der Waals surface area contributed by atoms with Gasteiger partial charge in [-0.25, -0.2) is 4.79 Å². The van der Waals surface area contributed by atoms with E-state index in [-0.39, 0.29) is 23.7 Å². The molecule has 5 heteroatoms. The number of rotatable bonds is 3. The highest BCUT2D eigenvalue weighted by atomic mass is 16.4. The topological polar surface area (TPSA) is 74.7 Å². The van der Waals surface area contributed by atoms with Crippen molar-refractivity contribution in [1.82, 2.24) is 4.90 Å². The van der Waals surface area contributed by atoms with Crippen molar-refractivity contribution in [2.75, 3.05) is 0 Å². The van der Waals surface area contributed by atoms with Crippen LogP contribution in [0.25, 0.3) is 0 Å². The lowest BCUT2D eigenvalue weighted by atomic mass is 9.80. The molecule has 2 atom stereocenters. The monoisotopic (exact) mass is 293 g/mol. The van der Waals surface area contributed by atoms with E-state index in [1.807, 2.05) is 0 Å². The van der Waals surface area contributed by atoms with E-state index >= 15 is 0 Å². The number of carboxylic acid groups (broad SMARTS) is 1. The van der Waals surface area contributed by atoms with E-state index in [1.54, 1.807) is 0 Å². The number of imide groups is 1. The molecule has 5 nitrogen and oxygen atoms in total. The molecule has 2 aliphatic carbocycles. The molecule has 21 heavy (non-hydrogen) atoms.